The van der Waals surface area contributed by atoms with Gasteiger partial charge in [-0.05, 0) is 43.5 Å². The highest BCUT2D eigenvalue weighted by molar-refractivity contribution is 7.93. The van der Waals surface area contributed by atoms with Gasteiger partial charge >= 0.3 is 0 Å². The molecule has 0 heterocycles. The molecule has 1 fully saturated rings. The number of sulfone groups is 1. The van der Waals surface area contributed by atoms with Crippen molar-refractivity contribution in [3.63, 3.8) is 0 Å². The van der Waals surface area contributed by atoms with Crippen molar-refractivity contribution in [1.29, 1.82) is 0 Å². The Hall–Kier alpha value is -0.580. The Morgan fingerprint density at radius 1 is 1.44 bits per heavy atom. The van der Waals surface area contributed by atoms with E-state index in [0.29, 0.717) is 17.9 Å². The van der Waals surface area contributed by atoms with E-state index in [1.165, 1.54) is 6.07 Å². The standard InChI is InChI=1S/C11H13ClO3S/c1-8-6-9(2-3-10(8)12)16(14,15)11(7-13)4-5-11/h2-3,6,13H,4-5,7H2,1H3. The fraction of sp³-hybridized carbons (Fsp3) is 0.455. The molecule has 16 heavy (non-hydrogen) atoms. The van der Waals surface area contributed by atoms with Gasteiger partial charge in [-0.25, -0.2) is 8.42 Å². The minimum absolute atomic E-state index is 0.251. The average molecular weight is 261 g/mol. The van der Waals surface area contributed by atoms with Gasteiger partial charge in [-0.15, -0.1) is 0 Å². The number of aryl methyl sites for hydroxylation is 1. The quantitative estimate of drug-likeness (QED) is 0.904. The largest absolute Gasteiger partial charge is 0.395 e. The van der Waals surface area contributed by atoms with Crippen molar-refractivity contribution in [3.8, 4) is 0 Å². The molecule has 0 unspecified atom stereocenters. The zero-order chi connectivity index (χ0) is 12.0. The molecule has 0 amide bonds. The summed E-state index contributed by atoms with van der Waals surface area (Å²) in [7, 11) is -3.43. The predicted octanol–water partition coefficient (Wildman–Crippen LogP) is 1.95. The smallest absolute Gasteiger partial charge is 0.186 e. The molecule has 0 atom stereocenters. The summed E-state index contributed by atoms with van der Waals surface area (Å²) >= 11 is 5.85. The molecule has 1 N–H and O–H groups in total. The van der Waals surface area contributed by atoms with E-state index in [0.717, 1.165) is 5.56 Å². The van der Waals surface area contributed by atoms with Crippen molar-refractivity contribution >= 4 is 21.4 Å². The Labute approximate surface area is 100.0 Å². The van der Waals surface area contributed by atoms with Crippen LogP contribution < -0.4 is 0 Å². The summed E-state index contributed by atoms with van der Waals surface area (Å²) < 4.78 is 23.5. The molecule has 0 aliphatic heterocycles. The molecule has 3 nitrogen and oxygen atoms in total. The van der Waals surface area contributed by atoms with Crippen LogP contribution in [0.25, 0.3) is 0 Å². The molecule has 1 aliphatic carbocycles. The Bertz CT molecular complexity index is 518. The summed E-state index contributed by atoms with van der Waals surface area (Å²) in [5.74, 6) is 0. The molecule has 0 radical (unpaired) electrons. The molecule has 0 aromatic heterocycles. The lowest BCUT2D eigenvalue weighted by Gasteiger charge is -2.14. The first-order chi connectivity index (χ1) is 7.43. The molecule has 0 bridgehead atoms. The maximum atomic E-state index is 12.2. The number of aliphatic hydroxyl groups is 1. The van der Waals surface area contributed by atoms with Crippen LogP contribution in [0.15, 0.2) is 23.1 Å². The van der Waals surface area contributed by atoms with Gasteiger partial charge in [0, 0.05) is 5.02 Å². The second kappa shape index (κ2) is 3.72. The van der Waals surface area contributed by atoms with Gasteiger partial charge in [0.15, 0.2) is 9.84 Å². The maximum absolute atomic E-state index is 12.2. The van der Waals surface area contributed by atoms with Crippen LogP contribution in [-0.2, 0) is 9.84 Å². The van der Waals surface area contributed by atoms with E-state index in [1.54, 1.807) is 19.1 Å². The van der Waals surface area contributed by atoms with Crippen LogP contribution in [0.4, 0.5) is 0 Å². The lowest BCUT2D eigenvalue weighted by Crippen LogP contribution is -2.27. The van der Waals surface area contributed by atoms with Crippen molar-refractivity contribution in [2.24, 2.45) is 0 Å². The predicted molar refractivity (Wildman–Crippen MR) is 62.4 cm³/mol. The third-order valence-corrected chi connectivity index (χ3v) is 6.08. The van der Waals surface area contributed by atoms with E-state index >= 15 is 0 Å². The number of benzene rings is 1. The van der Waals surface area contributed by atoms with Crippen molar-refractivity contribution in [2.45, 2.75) is 29.4 Å². The fourth-order valence-corrected chi connectivity index (χ4v) is 3.69. The van der Waals surface area contributed by atoms with Crippen LogP contribution in [0.1, 0.15) is 18.4 Å². The summed E-state index contributed by atoms with van der Waals surface area (Å²) in [6.07, 6.45) is 1.07. The molecule has 88 valence electrons. The van der Waals surface area contributed by atoms with Gasteiger partial charge in [0.05, 0.1) is 16.2 Å². The van der Waals surface area contributed by atoms with Crippen LogP contribution >= 0.6 is 11.6 Å². The highest BCUT2D eigenvalue weighted by atomic mass is 35.5. The van der Waals surface area contributed by atoms with E-state index in [-0.39, 0.29) is 11.5 Å². The van der Waals surface area contributed by atoms with E-state index in [2.05, 4.69) is 0 Å². The van der Waals surface area contributed by atoms with Crippen LogP contribution in [0, 0.1) is 6.92 Å². The molecule has 1 aromatic rings. The Balaban J connectivity index is 2.48. The normalized spacial score (nSPS) is 18.4. The first-order valence-corrected chi connectivity index (χ1v) is 6.91. The van der Waals surface area contributed by atoms with Gasteiger partial charge in [-0.1, -0.05) is 11.6 Å². The zero-order valence-electron chi connectivity index (χ0n) is 8.90. The van der Waals surface area contributed by atoms with Crippen molar-refractivity contribution < 1.29 is 13.5 Å². The lowest BCUT2D eigenvalue weighted by atomic mass is 10.2. The molecular formula is C11H13ClO3S. The molecule has 0 saturated heterocycles. The topological polar surface area (TPSA) is 54.4 Å². The monoisotopic (exact) mass is 260 g/mol. The second-order valence-corrected chi connectivity index (χ2v) is 7.01. The highest BCUT2D eigenvalue weighted by Gasteiger charge is 2.54. The molecule has 0 spiro atoms. The SMILES string of the molecule is Cc1cc(S(=O)(=O)C2(CO)CC2)ccc1Cl. The lowest BCUT2D eigenvalue weighted by molar-refractivity contribution is 0.283. The summed E-state index contributed by atoms with van der Waals surface area (Å²) in [5, 5.41) is 9.72. The Morgan fingerprint density at radius 2 is 2.06 bits per heavy atom. The van der Waals surface area contributed by atoms with Crippen LogP contribution in [0.3, 0.4) is 0 Å². The molecule has 5 heteroatoms. The first kappa shape index (κ1) is 11.9. The van der Waals surface area contributed by atoms with Crippen LogP contribution in [-0.4, -0.2) is 24.9 Å². The third kappa shape index (κ3) is 1.65. The van der Waals surface area contributed by atoms with Gasteiger partial charge in [0.25, 0.3) is 0 Å². The third-order valence-electron chi connectivity index (χ3n) is 3.11. The maximum Gasteiger partial charge on any atom is 0.186 e. The molecule has 1 saturated carbocycles. The number of aliphatic hydroxyl groups excluding tert-OH is 1. The number of hydrogen-bond acceptors (Lipinski definition) is 3. The molecular weight excluding hydrogens is 248 g/mol. The van der Waals surface area contributed by atoms with Crippen LogP contribution in [0.5, 0.6) is 0 Å². The second-order valence-electron chi connectivity index (χ2n) is 4.26. The zero-order valence-corrected chi connectivity index (χ0v) is 10.5. The Morgan fingerprint density at radius 3 is 2.50 bits per heavy atom. The summed E-state index contributed by atoms with van der Waals surface area (Å²) in [6.45, 7) is 1.46. The van der Waals surface area contributed by atoms with Gasteiger partial charge in [0.2, 0.25) is 0 Å². The average Bonchev–Trinajstić information content (AvgIpc) is 3.02. The van der Waals surface area contributed by atoms with Crippen LogP contribution in [0.2, 0.25) is 5.02 Å². The van der Waals surface area contributed by atoms with Crippen molar-refractivity contribution in [3.05, 3.63) is 28.8 Å². The van der Waals surface area contributed by atoms with Gasteiger partial charge in [0.1, 0.15) is 0 Å². The minimum Gasteiger partial charge on any atom is -0.395 e. The molecule has 1 aliphatic rings. The van der Waals surface area contributed by atoms with E-state index in [1.807, 2.05) is 0 Å². The van der Waals surface area contributed by atoms with Crippen molar-refractivity contribution in [1.82, 2.24) is 0 Å². The summed E-state index contributed by atoms with van der Waals surface area (Å²) in [5.41, 5.74) is 0.733. The van der Waals surface area contributed by atoms with E-state index in [4.69, 9.17) is 11.6 Å². The minimum atomic E-state index is -3.43. The number of hydrogen-bond donors (Lipinski definition) is 1. The molecule has 1 aromatic carbocycles. The summed E-state index contributed by atoms with van der Waals surface area (Å²) in [6, 6.07) is 4.64. The van der Waals surface area contributed by atoms with Gasteiger partial charge in [-0.2, -0.15) is 0 Å². The van der Waals surface area contributed by atoms with E-state index in [9.17, 15) is 13.5 Å². The summed E-state index contributed by atoms with van der Waals surface area (Å²) in [4.78, 5) is 0.251. The Kier molecular flexibility index (Phi) is 2.77. The van der Waals surface area contributed by atoms with Crippen molar-refractivity contribution in [2.75, 3.05) is 6.61 Å². The van der Waals surface area contributed by atoms with Gasteiger partial charge in [-0.3, -0.25) is 0 Å². The molecule has 2 rings (SSSR count). The fourth-order valence-electron chi connectivity index (χ4n) is 1.69. The first-order valence-electron chi connectivity index (χ1n) is 5.05. The van der Waals surface area contributed by atoms with Gasteiger partial charge < -0.3 is 5.11 Å². The number of rotatable bonds is 3. The number of halogens is 1. The highest BCUT2D eigenvalue weighted by Crippen LogP contribution is 2.46. The van der Waals surface area contributed by atoms with E-state index < -0.39 is 14.6 Å².